The van der Waals surface area contributed by atoms with Crippen LogP contribution in [0.3, 0.4) is 0 Å². The van der Waals surface area contributed by atoms with Crippen molar-refractivity contribution in [3.8, 4) is 0 Å². The first-order chi connectivity index (χ1) is 37.0. The highest BCUT2D eigenvalue weighted by molar-refractivity contribution is 5.71. The number of allylic oxidation sites excluding steroid dienone is 2. The minimum absolute atomic E-state index is 0.0639. The summed E-state index contributed by atoms with van der Waals surface area (Å²) in [6.45, 7) is 6.73. The Morgan fingerprint density at radius 3 is 0.667 bits per heavy atom. The molecule has 0 radical (unpaired) electrons. The molecule has 1 unspecified atom stereocenters. The highest BCUT2D eigenvalue weighted by atomic mass is 16.6. The van der Waals surface area contributed by atoms with Gasteiger partial charge in [-0.1, -0.05) is 341 Å². The van der Waals surface area contributed by atoms with E-state index in [9.17, 15) is 14.4 Å². The lowest BCUT2D eigenvalue weighted by Gasteiger charge is -2.18. The Hall–Kier alpha value is -1.85. The zero-order chi connectivity index (χ0) is 54.3. The van der Waals surface area contributed by atoms with Gasteiger partial charge in [0.15, 0.2) is 6.10 Å². The van der Waals surface area contributed by atoms with Crippen LogP contribution in [-0.4, -0.2) is 37.2 Å². The maximum Gasteiger partial charge on any atom is 0.306 e. The van der Waals surface area contributed by atoms with Crippen LogP contribution in [0.5, 0.6) is 0 Å². The summed E-state index contributed by atoms with van der Waals surface area (Å²) in [6.07, 6.45) is 76.6. The van der Waals surface area contributed by atoms with E-state index in [4.69, 9.17) is 14.2 Å². The van der Waals surface area contributed by atoms with Crippen LogP contribution >= 0.6 is 0 Å². The molecule has 0 amide bonds. The van der Waals surface area contributed by atoms with E-state index in [0.717, 1.165) is 57.8 Å². The molecule has 0 bridgehead atoms. The Balaban J connectivity index is 4.25. The number of esters is 3. The summed E-state index contributed by atoms with van der Waals surface area (Å²) >= 11 is 0. The van der Waals surface area contributed by atoms with Crippen molar-refractivity contribution in [1.82, 2.24) is 0 Å². The minimum atomic E-state index is -0.767. The van der Waals surface area contributed by atoms with Gasteiger partial charge in [0.2, 0.25) is 0 Å². The van der Waals surface area contributed by atoms with Crippen LogP contribution in [0.1, 0.15) is 393 Å². The van der Waals surface area contributed by atoms with Gasteiger partial charge in [-0.05, 0) is 44.9 Å². The standard InChI is InChI=1S/C69H132O6/c1-4-7-10-13-16-19-22-25-28-30-32-34-36-37-39-41-44-47-50-53-56-59-62-68(71)74-65-66(64-73-67(70)61-58-55-52-49-46-43-27-24-21-18-15-12-9-6-3)75-69(72)63-60-57-54-51-48-45-42-40-38-35-33-31-29-26-23-20-17-14-11-8-5-2/h31,33,66H,4-30,32,34-65H2,1-3H3/b33-31-. The first-order valence-electron chi connectivity index (χ1n) is 34.2. The van der Waals surface area contributed by atoms with Gasteiger partial charge in [0.05, 0.1) is 0 Å². The molecule has 75 heavy (non-hydrogen) atoms. The molecule has 0 aliphatic carbocycles. The van der Waals surface area contributed by atoms with Crippen LogP contribution in [0.15, 0.2) is 12.2 Å². The summed E-state index contributed by atoms with van der Waals surface area (Å²) in [5.41, 5.74) is 0. The van der Waals surface area contributed by atoms with Gasteiger partial charge in [0.1, 0.15) is 13.2 Å². The van der Waals surface area contributed by atoms with Crippen LogP contribution in [0.4, 0.5) is 0 Å². The molecule has 0 aromatic rings. The lowest BCUT2D eigenvalue weighted by atomic mass is 10.0. The van der Waals surface area contributed by atoms with E-state index < -0.39 is 6.10 Å². The monoisotopic (exact) mass is 1060 g/mol. The Kier molecular flexibility index (Phi) is 63.1. The summed E-state index contributed by atoms with van der Waals surface area (Å²) in [4.78, 5) is 38.4. The van der Waals surface area contributed by atoms with Crippen molar-refractivity contribution in [1.29, 1.82) is 0 Å². The van der Waals surface area contributed by atoms with Crippen molar-refractivity contribution >= 4 is 17.9 Å². The average Bonchev–Trinajstić information content (AvgIpc) is 3.41. The predicted molar refractivity (Wildman–Crippen MR) is 326 cm³/mol. The van der Waals surface area contributed by atoms with Gasteiger partial charge in [-0.2, -0.15) is 0 Å². The van der Waals surface area contributed by atoms with Gasteiger partial charge in [-0.3, -0.25) is 14.4 Å². The van der Waals surface area contributed by atoms with Crippen LogP contribution in [0.25, 0.3) is 0 Å². The van der Waals surface area contributed by atoms with Crippen molar-refractivity contribution in [3.63, 3.8) is 0 Å². The average molecular weight is 1060 g/mol. The van der Waals surface area contributed by atoms with E-state index in [1.165, 1.54) is 295 Å². The molecule has 0 saturated heterocycles. The molecule has 0 N–H and O–H groups in total. The summed E-state index contributed by atoms with van der Waals surface area (Å²) in [6, 6.07) is 0. The van der Waals surface area contributed by atoms with Gasteiger partial charge in [0, 0.05) is 19.3 Å². The fraction of sp³-hybridized carbons (Fsp3) is 0.928. The largest absolute Gasteiger partial charge is 0.462 e. The van der Waals surface area contributed by atoms with Crippen molar-refractivity contribution in [2.75, 3.05) is 13.2 Å². The van der Waals surface area contributed by atoms with Crippen LogP contribution in [-0.2, 0) is 28.6 Å². The first kappa shape index (κ1) is 73.2. The number of hydrogen-bond acceptors (Lipinski definition) is 6. The second kappa shape index (κ2) is 64.7. The molecule has 0 saturated carbocycles. The van der Waals surface area contributed by atoms with Crippen molar-refractivity contribution in [2.24, 2.45) is 0 Å². The molecule has 6 heteroatoms. The molecule has 1 atom stereocenters. The molecule has 0 aliphatic heterocycles. The summed E-state index contributed by atoms with van der Waals surface area (Å²) in [5.74, 6) is -0.832. The number of ether oxygens (including phenoxy) is 3. The Morgan fingerprint density at radius 2 is 0.440 bits per heavy atom. The van der Waals surface area contributed by atoms with Gasteiger partial charge in [0.25, 0.3) is 0 Å². The predicted octanol–water partition coefficient (Wildman–Crippen LogP) is 23.2. The van der Waals surface area contributed by atoms with Crippen LogP contribution in [0, 0.1) is 0 Å². The minimum Gasteiger partial charge on any atom is -0.462 e. The summed E-state index contributed by atoms with van der Waals surface area (Å²) < 4.78 is 17.0. The maximum atomic E-state index is 12.9. The lowest BCUT2D eigenvalue weighted by Crippen LogP contribution is -2.30. The number of hydrogen-bond donors (Lipinski definition) is 0. The highest BCUT2D eigenvalue weighted by Crippen LogP contribution is 2.19. The molecular weight excluding hydrogens is 925 g/mol. The molecule has 0 rings (SSSR count). The summed E-state index contributed by atoms with van der Waals surface area (Å²) in [7, 11) is 0. The molecule has 6 nitrogen and oxygen atoms in total. The first-order valence-corrected chi connectivity index (χ1v) is 34.2. The maximum absolute atomic E-state index is 12.9. The van der Waals surface area contributed by atoms with E-state index in [2.05, 4.69) is 32.9 Å². The quantitative estimate of drug-likeness (QED) is 0.0261. The lowest BCUT2D eigenvalue weighted by molar-refractivity contribution is -0.167. The molecule has 444 valence electrons. The third-order valence-electron chi connectivity index (χ3n) is 15.8. The highest BCUT2D eigenvalue weighted by Gasteiger charge is 2.19. The Morgan fingerprint density at radius 1 is 0.253 bits per heavy atom. The van der Waals surface area contributed by atoms with Crippen molar-refractivity contribution < 1.29 is 28.6 Å². The van der Waals surface area contributed by atoms with Crippen LogP contribution in [0.2, 0.25) is 0 Å². The Labute approximate surface area is 469 Å². The normalized spacial score (nSPS) is 12.0. The van der Waals surface area contributed by atoms with Crippen LogP contribution < -0.4 is 0 Å². The zero-order valence-electron chi connectivity index (χ0n) is 51.1. The molecule has 0 fully saturated rings. The Bertz CT molecular complexity index is 1170. The molecule has 0 spiro atoms. The molecular formula is C69H132O6. The summed E-state index contributed by atoms with van der Waals surface area (Å²) in [5, 5.41) is 0. The number of carbonyl (C=O) groups is 3. The SMILES string of the molecule is CCCCCCCCCC/C=C\CCCCCCCCCCCC(=O)OC(COC(=O)CCCCCCCCCCCCCCCC)COC(=O)CCCCCCCCCCCCCCCCCCCCCCCC. The molecule has 0 heterocycles. The third kappa shape index (κ3) is 62.9. The zero-order valence-corrected chi connectivity index (χ0v) is 51.1. The number of carbonyl (C=O) groups excluding carboxylic acids is 3. The fourth-order valence-electron chi connectivity index (χ4n) is 10.6. The second-order valence-electron chi connectivity index (χ2n) is 23.5. The third-order valence-corrected chi connectivity index (χ3v) is 15.8. The smallest absolute Gasteiger partial charge is 0.306 e. The van der Waals surface area contributed by atoms with Gasteiger partial charge < -0.3 is 14.2 Å². The molecule has 0 aromatic heterocycles. The van der Waals surface area contributed by atoms with Crippen molar-refractivity contribution in [2.45, 2.75) is 399 Å². The van der Waals surface area contributed by atoms with Crippen molar-refractivity contribution in [3.05, 3.63) is 12.2 Å². The molecule has 0 aliphatic rings. The van der Waals surface area contributed by atoms with Gasteiger partial charge >= 0.3 is 17.9 Å². The number of rotatable bonds is 64. The van der Waals surface area contributed by atoms with E-state index in [1.807, 2.05) is 0 Å². The second-order valence-corrected chi connectivity index (χ2v) is 23.5. The van der Waals surface area contributed by atoms with E-state index >= 15 is 0 Å². The van der Waals surface area contributed by atoms with E-state index in [1.54, 1.807) is 0 Å². The number of unbranched alkanes of at least 4 members (excludes halogenated alkanes) is 51. The molecule has 0 aromatic carbocycles. The van der Waals surface area contributed by atoms with E-state index in [-0.39, 0.29) is 31.1 Å². The van der Waals surface area contributed by atoms with Gasteiger partial charge in [-0.25, -0.2) is 0 Å². The fourth-order valence-corrected chi connectivity index (χ4v) is 10.6. The van der Waals surface area contributed by atoms with E-state index in [0.29, 0.717) is 19.3 Å². The topological polar surface area (TPSA) is 78.9 Å². The van der Waals surface area contributed by atoms with Gasteiger partial charge in [-0.15, -0.1) is 0 Å².